The normalized spacial score (nSPS) is 17.2. The largest absolute Gasteiger partial charge is 0.338 e. The lowest BCUT2D eigenvalue weighted by Crippen LogP contribution is -2.39. The molecule has 2 heterocycles. The number of likely N-dealkylation sites (tertiary alicyclic amines) is 1. The van der Waals surface area contributed by atoms with Gasteiger partial charge in [0, 0.05) is 24.6 Å². The fourth-order valence-electron chi connectivity index (χ4n) is 3.89. The molecule has 138 valence electrons. The van der Waals surface area contributed by atoms with Gasteiger partial charge in [-0.25, -0.2) is 0 Å². The van der Waals surface area contributed by atoms with Crippen LogP contribution in [0.5, 0.6) is 0 Å². The topological polar surface area (TPSA) is 86.0 Å². The lowest BCUT2D eigenvalue weighted by molar-refractivity contribution is 0.0707. The fourth-order valence-corrected chi connectivity index (χ4v) is 3.89. The quantitative estimate of drug-likeness (QED) is 0.686. The van der Waals surface area contributed by atoms with Crippen LogP contribution in [0.15, 0.2) is 52.1 Å². The summed E-state index contributed by atoms with van der Waals surface area (Å²) in [6, 6.07) is 13.3. The van der Waals surface area contributed by atoms with E-state index in [1.807, 2.05) is 17.0 Å². The van der Waals surface area contributed by atoms with Gasteiger partial charge in [-0.2, -0.15) is 0 Å². The van der Waals surface area contributed by atoms with Crippen LogP contribution in [0.1, 0.15) is 40.2 Å². The van der Waals surface area contributed by atoms with Crippen LogP contribution in [-0.2, 0) is 0 Å². The fraction of sp³-hybridized carbons (Fsp3) is 0.286. The molecule has 1 unspecified atom stereocenters. The number of aromatic nitrogens is 2. The molecule has 1 saturated heterocycles. The van der Waals surface area contributed by atoms with Crippen molar-refractivity contribution in [2.24, 2.45) is 0 Å². The molecule has 1 amide bonds. The first-order valence-electron chi connectivity index (χ1n) is 9.14. The van der Waals surface area contributed by atoms with Gasteiger partial charge < -0.3 is 14.9 Å². The number of hydrogen-bond donors (Lipinski definition) is 2. The van der Waals surface area contributed by atoms with Crippen molar-refractivity contribution in [3.63, 3.8) is 0 Å². The second-order valence-electron chi connectivity index (χ2n) is 7.12. The number of rotatable bonds is 2. The minimum Gasteiger partial charge on any atom is -0.338 e. The molecule has 0 saturated carbocycles. The molecule has 1 aliphatic heterocycles. The molecule has 1 atom stereocenters. The summed E-state index contributed by atoms with van der Waals surface area (Å²) >= 11 is 0. The van der Waals surface area contributed by atoms with Crippen LogP contribution >= 0.6 is 0 Å². The molecular formula is C21H21N3O3. The van der Waals surface area contributed by atoms with Crippen molar-refractivity contribution < 1.29 is 4.79 Å². The minimum atomic E-state index is -0.718. The number of amides is 1. The van der Waals surface area contributed by atoms with Crippen molar-refractivity contribution in [3.05, 3.63) is 79.9 Å². The van der Waals surface area contributed by atoms with Crippen LogP contribution in [0.4, 0.5) is 0 Å². The zero-order chi connectivity index (χ0) is 19.0. The second kappa shape index (κ2) is 6.87. The first-order valence-corrected chi connectivity index (χ1v) is 9.14. The Kier molecular flexibility index (Phi) is 4.39. The van der Waals surface area contributed by atoms with Gasteiger partial charge in [-0.3, -0.25) is 14.4 Å². The maximum atomic E-state index is 13.0. The van der Waals surface area contributed by atoms with Crippen molar-refractivity contribution in [2.45, 2.75) is 25.7 Å². The summed E-state index contributed by atoms with van der Waals surface area (Å²) in [4.78, 5) is 42.9. The highest BCUT2D eigenvalue weighted by atomic mass is 16.2. The van der Waals surface area contributed by atoms with Gasteiger partial charge in [-0.05, 0) is 49.1 Å². The Labute approximate surface area is 155 Å². The van der Waals surface area contributed by atoms with Gasteiger partial charge in [0.1, 0.15) is 0 Å². The van der Waals surface area contributed by atoms with E-state index in [4.69, 9.17) is 0 Å². The van der Waals surface area contributed by atoms with Crippen LogP contribution in [-0.4, -0.2) is 33.9 Å². The van der Waals surface area contributed by atoms with E-state index < -0.39 is 11.1 Å². The summed E-state index contributed by atoms with van der Waals surface area (Å²) in [5.41, 5.74) is 2.61. The highest BCUT2D eigenvalue weighted by molar-refractivity contribution is 5.97. The standard InChI is InChI=1S/C21H21N3O3/c1-13-5-2-3-7-16(13)15-6-4-10-24(12-15)21(27)14-8-9-17-18(11-14)23-20(26)19(25)22-17/h2-3,5,7-9,11,15H,4,6,10,12H2,1H3,(H,22,25)(H,23,26). The Bertz CT molecular complexity index is 1130. The first-order chi connectivity index (χ1) is 13.0. The smallest absolute Gasteiger partial charge is 0.314 e. The van der Waals surface area contributed by atoms with Crippen LogP contribution in [0.2, 0.25) is 0 Å². The molecule has 3 aromatic rings. The lowest BCUT2D eigenvalue weighted by atomic mass is 9.88. The van der Waals surface area contributed by atoms with E-state index in [1.165, 1.54) is 11.1 Å². The molecule has 2 N–H and O–H groups in total. The SMILES string of the molecule is Cc1ccccc1C1CCCN(C(=O)c2ccc3[nH]c(=O)c(=O)[nH]c3c2)C1. The van der Waals surface area contributed by atoms with Crippen molar-refractivity contribution in [2.75, 3.05) is 13.1 Å². The van der Waals surface area contributed by atoms with Gasteiger partial charge in [0.15, 0.2) is 0 Å². The number of carbonyl (C=O) groups excluding carboxylic acids is 1. The average molecular weight is 363 g/mol. The Balaban J connectivity index is 1.61. The first kappa shape index (κ1) is 17.3. The van der Waals surface area contributed by atoms with Gasteiger partial charge in [0.25, 0.3) is 5.91 Å². The predicted molar refractivity (Wildman–Crippen MR) is 104 cm³/mol. The number of piperidine rings is 1. The number of fused-ring (bicyclic) bond motifs is 1. The van der Waals surface area contributed by atoms with Crippen LogP contribution in [0.3, 0.4) is 0 Å². The number of hydrogen-bond acceptors (Lipinski definition) is 3. The van der Waals surface area contributed by atoms with Crippen molar-refractivity contribution in [3.8, 4) is 0 Å². The number of nitrogens with zero attached hydrogens (tertiary/aromatic N) is 1. The number of carbonyl (C=O) groups is 1. The molecule has 6 nitrogen and oxygen atoms in total. The Hall–Kier alpha value is -3.15. The van der Waals surface area contributed by atoms with Gasteiger partial charge in [0.05, 0.1) is 11.0 Å². The molecule has 0 radical (unpaired) electrons. The van der Waals surface area contributed by atoms with E-state index in [0.29, 0.717) is 29.1 Å². The molecule has 1 aromatic heterocycles. The summed E-state index contributed by atoms with van der Waals surface area (Å²) < 4.78 is 0. The number of aromatic amines is 2. The van der Waals surface area contributed by atoms with Gasteiger partial charge >= 0.3 is 11.1 Å². The van der Waals surface area contributed by atoms with E-state index in [-0.39, 0.29) is 5.91 Å². The highest BCUT2D eigenvalue weighted by Gasteiger charge is 2.26. The van der Waals surface area contributed by atoms with E-state index in [9.17, 15) is 14.4 Å². The summed E-state index contributed by atoms with van der Waals surface area (Å²) in [6.45, 7) is 3.52. The summed E-state index contributed by atoms with van der Waals surface area (Å²) in [5, 5.41) is 0. The van der Waals surface area contributed by atoms with Crippen LogP contribution < -0.4 is 11.1 Å². The van der Waals surface area contributed by atoms with Crippen LogP contribution in [0, 0.1) is 6.92 Å². The van der Waals surface area contributed by atoms with E-state index in [1.54, 1.807) is 18.2 Å². The van der Waals surface area contributed by atoms with Crippen LogP contribution in [0.25, 0.3) is 11.0 Å². The summed E-state index contributed by atoms with van der Waals surface area (Å²) in [6.07, 6.45) is 2.03. The molecule has 27 heavy (non-hydrogen) atoms. The summed E-state index contributed by atoms with van der Waals surface area (Å²) in [7, 11) is 0. The second-order valence-corrected chi connectivity index (χ2v) is 7.12. The predicted octanol–water partition coefficient (Wildman–Crippen LogP) is 2.54. The van der Waals surface area contributed by atoms with E-state index in [2.05, 4.69) is 29.0 Å². The minimum absolute atomic E-state index is 0.0535. The Morgan fingerprint density at radius 1 is 1.04 bits per heavy atom. The number of nitrogens with one attached hydrogen (secondary N) is 2. The van der Waals surface area contributed by atoms with Gasteiger partial charge in [-0.1, -0.05) is 24.3 Å². The van der Waals surface area contributed by atoms with E-state index >= 15 is 0 Å². The van der Waals surface area contributed by atoms with Crippen molar-refractivity contribution in [1.82, 2.24) is 14.9 Å². The summed E-state index contributed by atoms with van der Waals surface area (Å²) in [5.74, 6) is 0.280. The van der Waals surface area contributed by atoms with Gasteiger partial charge in [-0.15, -0.1) is 0 Å². The van der Waals surface area contributed by atoms with Crippen molar-refractivity contribution >= 4 is 16.9 Å². The third kappa shape index (κ3) is 3.30. The maximum Gasteiger partial charge on any atom is 0.314 e. The third-order valence-electron chi connectivity index (χ3n) is 5.31. The third-order valence-corrected chi connectivity index (χ3v) is 5.31. The average Bonchev–Trinajstić information content (AvgIpc) is 2.68. The number of H-pyrrole nitrogens is 2. The van der Waals surface area contributed by atoms with Crippen molar-refractivity contribution in [1.29, 1.82) is 0 Å². The molecule has 0 spiro atoms. The molecule has 6 heteroatoms. The molecular weight excluding hydrogens is 342 g/mol. The lowest BCUT2D eigenvalue weighted by Gasteiger charge is -2.33. The molecule has 1 aliphatic rings. The van der Waals surface area contributed by atoms with E-state index in [0.717, 1.165) is 19.4 Å². The molecule has 1 fully saturated rings. The Morgan fingerprint density at radius 3 is 2.56 bits per heavy atom. The monoisotopic (exact) mass is 363 g/mol. The molecule has 0 bridgehead atoms. The number of benzene rings is 2. The zero-order valence-electron chi connectivity index (χ0n) is 15.1. The Morgan fingerprint density at radius 2 is 1.78 bits per heavy atom. The molecule has 4 rings (SSSR count). The highest BCUT2D eigenvalue weighted by Crippen LogP contribution is 2.29. The molecule has 2 aromatic carbocycles. The maximum absolute atomic E-state index is 13.0. The number of aryl methyl sites for hydroxylation is 1. The zero-order valence-corrected chi connectivity index (χ0v) is 15.1. The molecule has 0 aliphatic carbocycles. The van der Waals surface area contributed by atoms with Gasteiger partial charge in [0.2, 0.25) is 0 Å².